The Labute approximate surface area is 103 Å². The standard InChI is InChI=1S/C11H14BrNO3/c1-9-5-4-6-10(13(14)15)11(9)16-8-3-2-7-12/h4-6H,2-3,7-8H2,1H3. The van der Waals surface area contributed by atoms with E-state index in [1.54, 1.807) is 6.07 Å². The summed E-state index contributed by atoms with van der Waals surface area (Å²) in [5.74, 6) is 0.391. The van der Waals surface area contributed by atoms with Gasteiger partial charge in [-0.3, -0.25) is 10.1 Å². The number of unbranched alkanes of at least 4 members (excludes halogenated alkanes) is 1. The van der Waals surface area contributed by atoms with E-state index in [4.69, 9.17) is 4.74 Å². The molecular formula is C11H14BrNO3. The van der Waals surface area contributed by atoms with Crippen LogP contribution >= 0.6 is 15.9 Å². The molecule has 0 N–H and O–H groups in total. The number of alkyl halides is 1. The Balaban J connectivity index is 2.73. The van der Waals surface area contributed by atoms with E-state index >= 15 is 0 Å². The highest BCUT2D eigenvalue weighted by Gasteiger charge is 2.16. The van der Waals surface area contributed by atoms with Crippen molar-refractivity contribution < 1.29 is 9.66 Å². The molecule has 0 spiro atoms. The van der Waals surface area contributed by atoms with E-state index in [-0.39, 0.29) is 5.69 Å². The molecule has 16 heavy (non-hydrogen) atoms. The van der Waals surface area contributed by atoms with Crippen LogP contribution in [0.5, 0.6) is 5.75 Å². The highest BCUT2D eigenvalue weighted by molar-refractivity contribution is 9.09. The van der Waals surface area contributed by atoms with E-state index in [0.29, 0.717) is 12.4 Å². The van der Waals surface area contributed by atoms with Crippen molar-refractivity contribution in [2.45, 2.75) is 19.8 Å². The molecule has 0 radical (unpaired) electrons. The SMILES string of the molecule is Cc1cccc([N+](=O)[O-])c1OCCCCBr. The summed E-state index contributed by atoms with van der Waals surface area (Å²) in [6.45, 7) is 2.32. The third-order valence-electron chi connectivity index (χ3n) is 2.16. The second-order valence-electron chi connectivity index (χ2n) is 3.42. The Bertz CT molecular complexity index is 368. The van der Waals surface area contributed by atoms with E-state index in [1.807, 2.05) is 13.0 Å². The molecule has 0 bridgehead atoms. The van der Waals surface area contributed by atoms with E-state index in [2.05, 4.69) is 15.9 Å². The molecule has 0 atom stereocenters. The Hall–Kier alpha value is -1.10. The molecule has 4 nitrogen and oxygen atoms in total. The maximum absolute atomic E-state index is 10.8. The quantitative estimate of drug-likeness (QED) is 0.348. The molecule has 0 aliphatic carbocycles. The Morgan fingerprint density at radius 2 is 2.19 bits per heavy atom. The van der Waals surface area contributed by atoms with Crippen molar-refractivity contribution in [1.29, 1.82) is 0 Å². The van der Waals surface area contributed by atoms with Crippen molar-refractivity contribution in [2.24, 2.45) is 0 Å². The molecular weight excluding hydrogens is 274 g/mol. The predicted octanol–water partition coefficient (Wildman–Crippen LogP) is 3.46. The lowest BCUT2D eigenvalue weighted by atomic mass is 10.2. The minimum atomic E-state index is -0.410. The zero-order valence-electron chi connectivity index (χ0n) is 9.11. The van der Waals surface area contributed by atoms with Crippen molar-refractivity contribution in [2.75, 3.05) is 11.9 Å². The summed E-state index contributed by atoms with van der Waals surface area (Å²) in [7, 11) is 0. The number of halogens is 1. The number of para-hydroxylation sites is 1. The molecule has 5 heteroatoms. The number of nitrogens with zero attached hydrogens (tertiary/aromatic N) is 1. The lowest BCUT2D eigenvalue weighted by Gasteiger charge is -2.08. The van der Waals surface area contributed by atoms with Gasteiger partial charge in [0.15, 0.2) is 5.75 Å². The van der Waals surface area contributed by atoms with E-state index in [0.717, 1.165) is 23.7 Å². The number of hydrogen-bond donors (Lipinski definition) is 0. The Kier molecular flexibility index (Phi) is 5.25. The molecule has 0 amide bonds. The van der Waals surface area contributed by atoms with Crippen LogP contribution in [0.1, 0.15) is 18.4 Å². The van der Waals surface area contributed by atoms with Gasteiger partial charge in [-0.05, 0) is 25.3 Å². The number of nitro benzene ring substituents is 1. The molecule has 0 aromatic heterocycles. The van der Waals surface area contributed by atoms with Gasteiger partial charge < -0.3 is 4.74 Å². The number of benzene rings is 1. The first-order valence-corrected chi connectivity index (χ1v) is 6.21. The summed E-state index contributed by atoms with van der Waals surface area (Å²) < 4.78 is 5.47. The van der Waals surface area contributed by atoms with E-state index in [1.165, 1.54) is 6.07 Å². The normalized spacial score (nSPS) is 10.1. The molecule has 0 heterocycles. The van der Waals surface area contributed by atoms with Gasteiger partial charge in [0.2, 0.25) is 0 Å². The van der Waals surface area contributed by atoms with Gasteiger partial charge in [-0.15, -0.1) is 0 Å². The first kappa shape index (κ1) is 13.0. The largest absolute Gasteiger partial charge is 0.487 e. The van der Waals surface area contributed by atoms with E-state index < -0.39 is 4.92 Å². The van der Waals surface area contributed by atoms with Crippen LogP contribution in [0.2, 0.25) is 0 Å². The smallest absolute Gasteiger partial charge is 0.311 e. The maximum Gasteiger partial charge on any atom is 0.311 e. The molecule has 1 aromatic rings. The fraction of sp³-hybridized carbons (Fsp3) is 0.455. The molecule has 1 rings (SSSR count). The van der Waals surface area contributed by atoms with E-state index in [9.17, 15) is 10.1 Å². The van der Waals surface area contributed by atoms with Gasteiger partial charge in [-0.1, -0.05) is 28.1 Å². The van der Waals surface area contributed by atoms with Crippen LogP contribution in [-0.2, 0) is 0 Å². The van der Waals surface area contributed by atoms with Crippen LogP contribution in [0.15, 0.2) is 18.2 Å². The predicted molar refractivity (Wildman–Crippen MR) is 66.4 cm³/mol. The first-order chi connectivity index (χ1) is 7.66. The zero-order chi connectivity index (χ0) is 12.0. The summed E-state index contributed by atoms with van der Waals surface area (Å²) in [6, 6.07) is 4.94. The van der Waals surface area contributed by atoms with Crippen molar-refractivity contribution in [3.63, 3.8) is 0 Å². The molecule has 0 saturated heterocycles. The lowest BCUT2D eigenvalue weighted by molar-refractivity contribution is -0.385. The van der Waals surface area contributed by atoms with Crippen molar-refractivity contribution in [3.8, 4) is 5.75 Å². The number of hydrogen-bond acceptors (Lipinski definition) is 3. The van der Waals surface area contributed by atoms with Crippen LogP contribution in [0.4, 0.5) is 5.69 Å². The highest BCUT2D eigenvalue weighted by atomic mass is 79.9. The van der Waals surface area contributed by atoms with Gasteiger partial charge >= 0.3 is 5.69 Å². The number of nitro groups is 1. The summed E-state index contributed by atoms with van der Waals surface area (Å²) in [4.78, 5) is 10.4. The molecule has 0 unspecified atom stereocenters. The fourth-order valence-electron chi connectivity index (χ4n) is 1.34. The van der Waals surface area contributed by atoms with Crippen LogP contribution in [0, 0.1) is 17.0 Å². The molecule has 0 aliphatic heterocycles. The van der Waals surface area contributed by atoms with Gasteiger partial charge in [0.05, 0.1) is 11.5 Å². The number of aryl methyl sites for hydroxylation is 1. The average molecular weight is 288 g/mol. The molecule has 0 fully saturated rings. The fourth-order valence-corrected chi connectivity index (χ4v) is 1.74. The average Bonchev–Trinajstić information content (AvgIpc) is 2.25. The topological polar surface area (TPSA) is 52.4 Å². The first-order valence-electron chi connectivity index (χ1n) is 5.09. The zero-order valence-corrected chi connectivity index (χ0v) is 10.7. The minimum Gasteiger partial charge on any atom is -0.487 e. The summed E-state index contributed by atoms with van der Waals surface area (Å²) in [5.41, 5.74) is 0.840. The Morgan fingerprint density at radius 3 is 2.81 bits per heavy atom. The van der Waals surface area contributed by atoms with Gasteiger partial charge in [0, 0.05) is 11.4 Å². The van der Waals surface area contributed by atoms with Crippen molar-refractivity contribution in [1.82, 2.24) is 0 Å². The Morgan fingerprint density at radius 1 is 1.44 bits per heavy atom. The monoisotopic (exact) mass is 287 g/mol. The second-order valence-corrected chi connectivity index (χ2v) is 4.22. The van der Waals surface area contributed by atoms with Gasteiger partial charge in [-0.2, -0.15) is 0 Å². The van der Waals surface area contributed by atoms with Crippen LogP contribution < -0.4 is 4.74 Å². The third-order valence-corrected chi connectivity index (χ3v) is 2.72. The third kappa shape index (κ3) is 3.48. The molecule has 1 aromatic carbocycles. The maximum atomic E-state index is 10.8. The van der Waals surface area contributed by atoms with Crippen molar-refractivity contribution in [3.05, 3.63) is 33.9 Å². The van der Waals surface area contributed by atoms with Crippen molar-refractivity contribution >= 4 is 21.6 Å². The van der Waals surface area contributed by atoms with Gasteiger partial charge in [-0.25, -0.2) is 0 Å². The minimum absolute atomic E-state index is 0.0406. The second kappa shape index (κ2) is 6.48. The summed E-state index contributed by atoms with van der Waals surface area (Å²) in [5, 5.41) is 11.7. The lowest BCUT2D eigenvalue weighted by Crippen LogP contribution is -2.02. The van der Waals surface area contributed by atoms with Gasteiger partial charge in [0.25, 0.3) is 0 Å². The van der Waals surface area contributed by atoms with Crippen LogP contribution in [-0.4, -0.2) is 16.9 Å². The number of ether oxygens (including phenoxy) is 1. The summed E-state index contributed by atoms with van der Waals surface area (Å²) in [6.07, 6.45) is 1.89. The molecule has 0 aliphatic rings. The van der Waals surface area contributed by atoms with Gasteiger partial charge in [0.1, 0.15) is 0 Å². The highest BCUT2D eigenvalue weighted by Crippen LogP contribution is 2.30. The van der Waals surface area contributed by atoms with Crippen LogP contribution in [0.3, 0.4) is 0 Å². The number of rotatable bonds is 6. The molecule has 0 saturated carbocycles. The summed E-state index contributed by atoms with van der Waals surface area (Å²) >= 11 is 3.32. The molecule has 88 valence electrons. The van der Waals surface area contributed by atoms with Crippen LogP contribution in [0.25, 0.3) is 0 Å².